The molecule has 1 aliphatic heterocycles. The highest BCUT2D eigenvalue weighted by atomic mass is 16.2. The number of fused-ring (bicyclic) bond motifs is 1. The second kappa shape index (κ2) is 7.70. The second-order valence-corrected chi connectivity index (χ2v) is 7.05. The summed E-state index contributed by atoms with van der Waals surface area (Å²) >= 11 is 0. The van der Waals surface area contributed by atoms with Crippen molar-refractivity contribution in [3.05, 3.63) is 61.2 Å². The summed E-state index contributed by atoms with van der Waals surface area (Å²) in [6.07, 6.45) is 7.97. The van der Waals surface area contributed by atoms with Gasteiger partial charge in [0.2, 0.25) is 5.91 Å². The molecule has 5 heteroatoms. The van der Waals surface area contributed by atoms with Crippen LogP contribution < -0.4 is 5.32 Å². The van der Waals surface area contributed by atoms with E-state index in [4.69, 9.17) is 0 Å². The number of hydrogen-bond donors (Lipinski definition) is 1. The Morgan fingerprint density at radius 1 is 1.12 bits per heavy atom. The normalized spacial score (nSPS) is 16.0. The van der Waals surface area contributed by atoms with Crippen LogP contribution in [0.4, 0.5) is 5.69 Å². The molecule has 0 radical (unpaired) electrons. The van der Waals surface area contributed by atoms with Crippen LogP contribution in [0.25, 0.3) is 10.8 Å². The van der Waals surface area contributed by atoms with Crippen LogP contribution in [0.1, 0.15) is 12.8 Å². The molecule has 134 valence electrons. The zero-order valence-electron chi connectivity index (χ0n) is 14.8. The van der Waals surface area contributed by atoms with Gasteiger partial charge in [-0.1, -0.05) is 36.4 Å². The van der Waals surface area contributed by atoms with E-state index in [1.807, 2.05) is 49.1 Å². The topological polar surface area (TPSA) is 50.2 Å². The number of carbonyl (C=O) groups excluding carboxylic acids is 1. The van der Waals surface area contributed by atoms with E-state index in [0.29, 0.717) is 12.5 Å². The molecule has 0 atom stereocenters. The predicted octanol–water partition coefficient (Wildman–Crippen LogP) is 3.39. The number of likely N-dealkylation sites (tertiary alicyclic amines) is 1. The number of rotatable bonds is 5. The molecule has 0 bridgehead atoms. The quantitative estimate of drug-likeness (QED) is 0.769. The van der Waals surface area contributed by atoms with E-state index in [1.54, 1.807) is 0 Å². The van der Waals surface area contributed by atoms with Crippen LogP contribution in [0.15, 0.2) is 61.2 Å². The van der Waals surface area contributed by atoms with Crippen molar-refractivity contribution >= 4 is 22.4 Å². The molecule has 1 fully saturated rings. The van der Waals surface area contributed by atoms with E-state index < -0.39 is 0 Å². The molecule has 2 aromatic carbocycles. The molecule has 2 heterocycles. The van der Waals surface area contributed by atoms with E-state index in [9.17, 15) is 4.79 Å². The minimum Gasteiger partial charge on any atom is -0.337 e. The van der Waals surface area contributed by atoms with Gasteiger partial charge in [0.15, 0.2) is 0 Å². The molecule has 4 rings (SSSR count). The maximum atomic E-state index is 12.5. The largest absolute Gasteiger partial charge is 0.337 e. The van der Waals surface area contributed by atoms with Crippen LogP contribution in [0.3, 0.4) is 0 Å². The fourth-order valence-corrected chi connectivity index (χ4v) is 3.75. The van der Waals surface area contributed by atoms with E-state index in [-0.39, 0.29) is 5.91 Å². The van der Waals surface area contributed by atoms with Crippen LogP contribution in [0.2, 0.25) is 0 Å². The number of anilines is 1. The van der Waals surface area contributed by atoms with Gasteiger partial charge in [0.05, 0.1) is 12.9 Å². The van der Waals surface area contributed by atoms with Crippen molar-refractivity contribution < 1.29 is 4.79 Å². The van der Waals surface area contributed by atoms with Crippen LogP contribution in [0.5, 0.6) is 0 Å². The van der Waals surface area contributed by atoms with Crippen LogP contribution in [0, 0.1) is 5.92 Å². The first-order valence-corrected chi connectivity index (χ1v) is 9.23. The van der Waals surface area contributed by atoms with Gasteiger partial charge in [-0.3, -0.25) is 9.69 Å². The molecule has 0 spiro atoms. The molecule has 1 amide bonds. The van der Waals surface area contributed by atoms with Crippen molar-refractivity contribution in [2.45, 2.75) is 19.4 Å². The summed E-state index contributed by atoms with van der Waals surface area (Å²) in [6, 6.07) is 14.2. The molecule has 26 heavy (non-hydrogen) atoms. The maximum absolute atomic E-state index is 12.5. The summed E-state index contributed by atoms with van der Waals surface area (Å²) in [5.74, 6) is 0.732. The van der Waals surface area contributed by atoms with Crippen molar-refractivity contribution in [1.82, 2.24) is 14.5 Å². The van der Waals surface area contributed by atoms with E-state index >= 15 is 0 Å². The Balaban J connectivity index is 1.30. The molecular weight excluding hydrogens is 324 g/mol. The number of imidazole rings is 1. The van der Waals surface area contributed by atoms with Gasteiger partial charge in [0, 0.05) is 30.0 Å². The van der Waals surface area contributed by atoms with Crippen LogP contribution in [-0.2, 0) is 11.3 Å². The number of benzene rings is 2. The van der Waals surface area contributed by atoms with Crippen LogP contribution >= 0.6 is 0 Å². The first-order chi connectivity index (χ1) is 12.8. The maximum Gasteiger partial charge on any atom is 0.238 e. The van der Waals surface area contributed by atoms with Gasteiger partial charge in [-0.05, 0) is 43.3 Å². The second-order valence-electron chi connectivity index (χ2n) is 7.05. The molecule has 0 saturated carbocycles. The van der Waals surface area contributed by atoms with Gasteiger partial charge in [0.1, 0.15) is 0 Å². The molecular formula is C21H24N4O. The zero-order valence-corrected chi connectivity index (χ0v) is 14.8. The number of hydrogen-bond acceptors (Lipinski definition) is 3. The Morgan fingerprint density at radius 3 is 2.73 bits per heavy atom. The lowest BCUT2D eigenvalue weighted by Crippen LogP contribution is -2.39. The average Bonchev–Trinajstić information content (AvgIpc) is 3.17. The Morgan fingerprint density at radius 2 is 1.92 bits per heavy atom. The SMILES string of the molecule is O=C(CN1CCC(Cn2ccnc2)CC1)Nc1cccc2ccccc12. The standard InChI is InChI=1S/C21H24N4O/c26-21(23-20-7-3-5-18-4-1-2-6-19(18)20)15-24-11-8-17(9-12-24)14-25-13-10-22-16-25/h1-7,10,13,16-17H,8-9,11-12,14-15H2,(H,23,26). The highest BCUT2D eigenvalue weighted by Gasteiger charge is 2.21. The highest BCUT2D eigenvalue weighted by molar-refractivity contribution is 6.02. The van der Waals surface area contributed by atoms with Gasteiger partial charge in [-0.15, -0.1) is 0 Å². The summed E-state index contributed by atoms with van der Waals surface area (Å²) in [7, 11) is 0. The van der Waals surface area contributed by atoms with Crippen molar-refractivity contribution in [2.75, 3.05) is 25.0 Å². The Labute approximate surface area is 153 Å². The molecule has 1 aliphatic rings. The third-order valence-corrected chi connectivity index (χ3v) is 5.17. The lowest BCUT2D eigenvalue weighted by molar-refractivity contribution is -0.117. The van der Waals surface area contributed by atoms with Gasteiger partial charge in [0.25, 0.3) is 0 Å². The summed E-state index contributed by atoms with van der Waals surface area (Å²) in [6.45, 7) is 3.43. The number of piperidine rings is 1. The van der Waals surface area contributed by atoms with E-state index in [0.717, 1.165) is 48.9 Å². The average molecular weight is 348 g/mol. The Bertz CT molecular complexity index is 861. The van der Waals surface area contributed by atoms with Crippen molar-refractivity contribution in [3.8, 4) is 0 Å². The molecule has 1 saturated heterocycles. The number of nitrogens with zero attached hydrogens (tertiary/aromatic N) is 3. The summed E-state index contributed by atoms with van der Waals surface area (Å²) in [4.78, 5) is 18.9. The van der Waals surface area contributed by atoms with E-state index in [2.05, 4.69) is 31.9 Å². The minimum absolute atomic E-state index is 0.0643. The summed E-state index contributed by atoms with van der Waals surface area (Å²) < 4.78 is 2.15. The fourth-order valence-electron chi connectivity index (χ4n) is 3.75. The smallest absolute Gasteiger partial charge is 0.238 e. The minimum atomic E-state index is 0.0643. The Kier molecular flexibility index (Phi) is 4.97. The molecule has 1 N–H and O–H groups in total. The van der Waals surface area contributed by atoms with Crippen molar-refractivity contribution in [1.29, 1.82) is 0 Å². The lowest BCUT2D eigenvalue weighted by Gasteiger charge is -2.31. The highest BCUT2D eigenvalue weighted by Crippen LogP contribution is 2.23. The molecule has 0 unspecified atom stereocenters. The third-order valence-electron chi connectivity index (χ3n) is 5.17. The summed E-state index contributed by atoms with van der Waals surface area (Å²) in [5, 5.41) is 5.32. The van der Waals surface area contributed by atoms with E-state index in [1.165, 1.54) is 0 Å². The molecule has 1 aromatic heterocycles. The number of nitrogens with one attached hydrogen (secondary N) is 1. The first kappa shape index (κ1) is 16.8. The third kappa shape index (κ3) is 3.94. The number of amides is 1. The van der Waals surface area contributed by atoms with Gasteiger partial charge < -0.3 is 9.88 Å². The zero-order chi connectivity index (χ0) is 17.8. The number of carbonyl (C=O) groups is 1. The van der Waals surface area contributed by atoms with Gasteiger partial charge >= 0.3 is 0 Å². The first-order valence-electron chi connectivity index (χ1n) is 9.23. The molecule has 3 aromatic rings. The van der Waals surface area contributed by atoms with Crippen molar-refractivity contribution in [3.63, 3.8) is 0 Å². The molecule has 5 nitrogen and oxygen atoms in total. The van der Waals surface area contributed by atoms with Gasteiger partial charge in [-0.25, -0.2) is 4.98 Å². The summed E-state index contributed by atoms with van der Waals surface area (Å²) in [5.41, 5.74) is 0.892. The predicted molar refractivity (Wildman–Crippen MR) is 104 cm³/mol. The molecule has 0 aliphatic carbocycles. The number of aromatic nitrogens is 2. The Hall–Kier alpha value is -2.66. The van der Waals surface area contributed by atoms with Gasteiger partial charge in [-0.2, -0.15) is 0 Å². The van der Waals surface area contributed by atoms with Crippen molar-refractivity contribution in [2.24, 2.45) is 5.92 Å². The lowest BCUT2D eigenvalue weighted by atomic mass is 9.97. The van der Waals surface area contributed by atoms with Crippen LogP contribution in [-0.4, -0.2) is 40.0 Å². The monoisotopic (exact) mass is 348 g/mol. The fraction of sp³-hybridized carbons (Fsp3) is 0.333.